The van der Waals surface area contributed by atoms with Gasteiger partial charge in [-0.15, -0.1) is 0 Å². The van der Waals surface area contributed by atoms with Crippen LogP contribution in [0, 0.1) is 18.8 Å². The van der Waals surface area contributed by atoms with E-state index in [2.05, 4.69) is 25.9 Å². The highest BCUT2D eigenvalue weighted by molar-refractivity contribution is 6.74. The van der Waals surface area contributed by atoms with Gasteiger partial charge in [0.25, 0.3) is 5.88 Å². The molecule has 2 aromatic carbocycles. The van der Waals surface area contributed by atoms with E-state index in [1.54, 1.807) is 14.2 Å². The van der Waals surface area contributed by atoms with E-state index in [4.69, 9.17) is 23.2 Å². The van der Waals surface area contributed by atoms with E-state index in [0.717, 1.165) is 11.1 Å². The molecule has 1 fully saturated rings. The summed E-state index contributed by atoms with van der Waals surface area (Å²) in [4.78, 5) is 32.7. The molecule has 1 saturated carbocycles. The second kappa shape index (κ2) is 11.9. The zero-order valence-corrected chi connectivity index (χ0v) is 30.5. The molecule has 6 rings (SSSR count). The molecule has 0 bridgehead atoms. The third kappa shape index (κ3) is 5.00. The number of Topliss-reactive ketones (excluding diaryl/α,β-unsaturated/α-hetero) is 2. The molecule has 0 aliphatic heterocycles. The van der Waals surface area contributed by atoms with Crippen molar-refractivity contribution in [1.29, 1.82) is 0 Å². The summed E-state index contributed by atoms with van der Waals surface area (Å²) in [6.07, 6.45) is 0.812. The van der Waals surface area contributed by atoms with Gasteiger partial charge in [0.1, 0.15) is 29.4 Å². The first-order valence-corrected chi connectivity index (χ1v) is 19.3. The molecule has 11 heteroatoms. The van der Waals surface area contributed by atoms with Crippen molar-refractivity contribution >= 4 is 25.6 Å². The van der Waals surface area contributed by atoms with Crippen LogP contribution in [0.5, 0.6) is 17.4 Å². The summed E-state index contributed by atoms with van der Waals surface area (Å²) in [5.41, 5.74) is 1.24. The Labute approximate surface area is 283 Å². The van der Waals surface area contributed by atoms with E-state index in [1.165, 1.54) is 0 Å². The predicted molar refractivity (Wildman–Crippen MR) is 183 cm³/mol. The number of aliphatic hydroxyl groups excluding tert-OH is 1. The predicted octanol–water partition coefficient (Wildman–Crippen LogP) is 6.87. The largest absolute Gasteiger partial charge is 0.507 e. The van der Waals surface area contributed by atoms with E-state index in [0.29, 0.717) is 41.2 Å². The van der Waals surface area contributed by atoms with E-state index >= 15 is 9.59 Å². The molecule has 0 radical (unpaired) electrons. The molecular weight excluding hydrogens is 628 g/mol. The molecule has 256 valence electrons. The molecule has 0 amide bonds. The maximum atomic E-state index is 15.4. The fraction of sp³-hybridized carbons (Fsp3) is 0.486. The SMILES string of the molecule is COc1cc(OC)c2c(c1C)C(O)=C1C(=O)[C@]3(O[Si](C)(C)C(C)(C)C)C(=O)c4c(OCc5ccccc5)noc4[C@@H](N(C)C)[C@@H]3C[C@@H]1C2. The summed E-state index contributed by atoms with van der Waals surface area (Å²) < 4.78 is 30.6. The van der Waals surface area contributed by atoms with Crippen LogP contribution in [0.4, 0.5) is 0 Å². The zero-order chi connectivity index (χ0) is 34.9. The van der Waals surface area contributed by atoms with Crippen molar-refractivity contribution < 1.29 is 37.9 Å². The second-order valence-electron chi connectivity index (χ2n) is 14.9. The molecule has 1 N–H and O–H groups in total. The van der Waals surface area contributed by atoms with E-state index < -0.39 is 43.4 Å². The van der Waals surface area contributed by atoms with Crippen molar-refractivity contribution in [2.75, 3.05) is 28.3 Å². The molecule has 1 heterocycles. The highest BCUT2D eigenvalue weighted by Gasteiger charge is 2.69. The van der Waals surface area contributed by atoms with Gasteiger partial charge in [0.05, 0.1) is 20.3 Å². The first-order valence-electron chi connectivity index (χ1n) is 16.4. The summed E-state index contributed by atoms with van der Waals surface area (Å²) in [5, 5.41) is 16.0. The minimum absolute atomic E-state index is 0.0230. The third-order valence-corrected chi connectivity index (χ3v) is 15.4. The summed E-state index contributed by atoms with van der Waals surface area (Å²) in [7, 11) is 4.10. The molecule has 3 aliphatic rings. The number of aromatic nitrogens is 1. The van der Waals surface area contributed by atoms with E-state index in [1.807, 2.05) is 75.4 Å². The van der Waals surface area contributed by atoms with Gasteiger partial charge in [-0.25, -0.2) is 0 Å². The molecule has 0 saturated heterocycles. The summed E-state index contributed by atoms with van der Waals surface area (Å²) >= 11 is 0. The molecule has 10 nitrogen and oxygen atoms in total. The number of carbonyl (C=O) groups is 2. The van der Waals surface area contributed by atoms with Gasteiger partial charge in [-0.05, 0) is 68.6 Å². The van der Waals surface area contributed by atoms with Gasteiger partial charge in [-0.1, -0.05) is 51.1 Å². The topological polar surface area (TPSA) is 121 Å². The Morgan fingerprint density at radius 2 is 1.71 bits per heavy atom. The molecule has 3 aliphatic carbocycles. The van der Waals surface area contributed by atoms with Gasteiger partial charge in [-0.2, -0.15) is 0 Å². The van der Waals surface area contributed by atoms with Crippen LogP contribution in [0.3, 0.4) is 0 Å². The number of ketones is 2. The third-order valence-electron chi connectivity index (χ3n) is 10.9. The van der Waals surface area contributed by atoms with Crippen molar-refractivity contribution in [2.24, 2.45) is 11.8 Å². The fourth-order valence-corrected chi connectivity index (χ4v) is 9.00. The quantitative estimate of drug-likeness (QED) is 0.200. The number of aliphatic hydroxyl groups is 1. The lowest BCUT2D eigenvalue weighted by molar-refractivity contribution is -0.140. The minimum atomic E-state index is -2.83. The van der Waals surface area contributed by atoms with Gasteiger partial charge in [0.15, 0.2) is 19.7 Å². The van der Waals surface area contributed by atoms with Gasteiger partial charge in [0.2, 0.25) is 11.6 Å². The van der Waals surface area contributed by atoms with Crippen LogP contribution in [0.2, 0.25) is 18.1 Å². The second-order valence-corrected chi connectivity index (χ2v) is 19.7. The van der Waals surface area contributed by atoms with Crippen molar-refractivity contribution in [3.8, 4) is 17.4 Å². The Bertz CT molecular complexity index is 1810. The number of rotatable bonds is 8. The lowest BCUT2D eigenvalue weighted by atomic mass is 9.57. The molecule has 1 aromatic heterocycles. The smallest absolute Gasteiger partial charge is 0.265 e. The fourth-order valence-electron chi connectivity index (χ4n) is 7.55. The van der Waals surface area contributed by atoms with Crippen LogP contribution < -0.4 is 14.2 Å². The Kier molecular flexibility index (Phi) is 8.41. The first kappa shape index (κ1) is 33.9. The molecule has 4 atom stereocenters. The van der Waals surface area contributed by atoms with Crippen LogP contribution >= 0.6 is 0 Å². The van der Waals surface area contributed by atoms with E-state index in [-0.39, 0.29) is 34.4 Å². The summed E-state index contributed by atoms with van der Waals surface area (Å²) in [6.45, 7) is 12.3. The van der Waals surface area contributed by atoms with Crippen molar-refractivity contribution in [1.82, 2.24) is 10.1 Å². The number of methoxy groups -OCH3 is 2. The number of hydrogen-bond acceptors (Lipinski definition) is 10. The lowest BCUT2D eigenvalue weighted by Gasteiger charge is -2.55. The van der Waals surface area contributed by atoms with Crippen LogP contribution in [-0.2, 0) is 22.2 Å². The normalized spacial score (nSPS) is 23.8. The van der Waals surface area contributed by atoms with Gasteiger partial charge in [0, 0.05) is 34.2 Å². The standard InChI is InChI=1S/C37H46N2O8Si/c1-20-25(43-7)18-26(44-8)23-16-22-17-24-30(39(5)6)32-29(35(38-46-32)45-19-21-14-12-11-13-15-21)34(42)37(24,47-48(9,10)36(2,3)4)33(41)28(22)31(40)27(20)23/h11-15,18,22,24,30,40H,16-17,19H2,1-10H3/t22-,24-,30-,37-/m0/s1. The maximum absolute atomic E-state index is 15.4. The highest BCUT2D eigenvalue weighted by atomic mass is 28.4. The number of ether oxygens (including phenoxy) is 3. The maximum Gasteiger partial charge on any atom is 0.265 e. The molecule has 3 aromatic rings. The van der Waals surface area contributed by atoms with Crippen LogP contribution in [0.25, 0.3) is 5.76 Å². The molecule has 48 heavy (non-hydrogen) atoms. The van der Waals surface area contributed by atoms with Crippen LogP contribution in [-0.4, -0.2) is 69.0 Å². The summed E-state index contributed by atoms with van der Waals surface area (Å²) in [5.74, 6) is -0.787. The monoisotopic (exact) mass is 674 g/mol. The number of fused-ring (bicyclic) bond motifs is 4. The van der Waals surface area contributed by atoms with Crippen molar-refractivity contribution in [3.05, 3.63) is 75.5 Å². The van der Waals surface area contributed by atoms with Gasteiger partial charge >= 0.3 is 0 Å². The van der Waals surface area contributed by atoms with Crippen molar-refractivity contribution in [2.45, 2.75) is 76.9 Å². The molecule has 0 spiro atoms. The molecular formula is C37H46N2O8Si. The lowest BCUT2D eigenvalue weighted by Crippen LogP contribution is -2.68. The average molecular weight is 675 g/mol. The Hall–Kier alpha value is -3.93. The highest BCUT2D eigenvalue weighted by Crippen LogP contribution is 2.59. The summed E-state index contributed by atoms with van der Waals surface area (Å²) in [6, 6.07) is 10.8. The number of carbonyl (C=O) groups excluding carboxylic acids is 2. The Balaban J connectivity index is 1.59. The first-order chi connectivity index (χ1) is 22.6. The number of hydrogen-bond donors (Lipinski definition) is 1. The van der Waals surface area contributed by atoms with Crippen molar-refractivity contribution in [3.63, 3.8) is 0 Å². The molecule has 0 unspecified atom stereocenters. The zero-order valence-electron chi connectivity index (χ0n) is 29.5. The van der Waals surface area contributed by atoms with Gasteiger partial charge < -0.3 is 28.3 Å². The Morgan fingerprint density at radius 3 is 2.31 bits per heavy atom. The average Bonchev–Trinajstić information content (AvgIpc) is 3.44. The van der Waals surface area contributed by atoms with Crippen LogP contribution in [0.1, 0.15) is 71.6 Å². The van der Waals surface area contributed by atoms with Gasteiger partial charge in [-0.3, -0.25) is 14.5 Å². The van der Waals surface area contributed by atoms with E-state index in [9.17, 15) is 5.11 Å². The van der Waals surface area contributed by atoms with Crippen LogP contribution in [0.15, 0.2) is 46.5 Å². The Morgan fingerprint density at radius 1 is 1.04 bits per heavy atom. The number of benzene rings is 2. The number of nitrogens with zero attached hydrogens (tertiary/aromatic N) is 2. The minimum Gasteiger partial charge on any atom is -0.507 e.